The number of carboxylic acid groups (broad SMARTS) is 1. The molecule has 9 heteroatoms. The Morgan fingerprint density at radius 1 is 1.24 bits per heavy atom. The Hall–Kier alpha value is -2.22. The molecule has 1 aliphatic heterocycles. The average Bonchev–Trinajstić information content (AvgIpc) is 3.10. The van der Waals surface area contributed by atoms with Gasteiger partial charge in [0.25, 0.3) is 11.1 Å². The molecular formula is C16H9Cl2NO5S. The lowest BCUT2D eigenvalue weighted by Crippen LogP contribution is -2.33. The highest BCUT2D eigenvalue weighted by Crippen LogP contribution is 2.35. The molecule has 0 bridgehead atoms. The fraction of sp³-hybridized carbons (Fsp3) is 0.0625. The van der Waals surface area contributed by atoms with E-state index in [4.69, 9.17) is 32.7 Å². The lowest BCUT2D eigenvalue weighted by atomic mass is 10.2. The fourth-order valence-corrected chi connectivity index (χ4v) is 3.36. The number of imide groups is 1. The fourth-order valence-electron chi connectivity index (χ4n) is 2.16. The minimum absolute atomic E-state index is 0.0874. The Kier molecular flexibility index (Phi) is 4.89. The van der Waals surface area contributed by atoms with Crippen LogP contribution in [0.3, 0.4) is 0 Å². The third kappa shape index (κ3) is 3.73. The lowest BCUT2D eigenvalue weighted by Gasteiger charge is -2.07. The Labute approximate surface area is 156 Å². The zero-order valence-electron chi connectivity index (χ0n) is 12.4. The Morgan fingerprint density at radius 2 is 2.00 bits per heavy atom. The van der Waals surface area contributed by atoms with Crippen molar-refractivity contribution < 1.29 is 23.9 Å². The molecule has 2 heterocycles. The van der Waals surface area contributed by atoms with Crippen molar-refractivity contribution in [3.05, 3.63) is 51.0 Å². The van der Waals surface area contributed by atoms with Crippen LogP contribution in [-0.2, 0) is 9.59 Å². The summed E-state index contributed by atoms with van der Waals surface area (Å²) < 4.78 is 5.64. The molecule has 0 atom stereocenters. The largest absolute Gasteiger partial charge is 0.480 e. The molecule has 1 saturated heterocycles. The quantitative estimate of drug-likeness (QED) is 0.770. The molecule has 2 amide bonds. The van der Waals surface area contributed by atoms with Gasteiger partial charge in [-0.2, -0.15) is 0 Å². The highest BCUT2D eigenvalue weighted by Gasteiger charge is 2.36. The van der Waals surface area contributed by atoms with Crippen LogP contribution in [0, 0.1) is 0 Å². The molecule has 0 aliphatic carbocycles. The van der Waals surface area contributed by atoms with E-state index in [1.165, 1.54) is 6.08 Å². The van der Waals surface area contributed by atoms with Crippen LogP contribution in [0.15, 0.2) is 39.7 Å². The second-order valence-electron chi connectivity index (χ2n) is 4.99. The Morgan fingerprint density at radius 3 is 2.72 bits per heavy atom. The van der Waals surface area contributed by atoms with Gasteiger partial charge in [0.1, 0.15) is 18.1 Å². The summed E-state index contributed by atoms with van der Waals surface area (Å²) in [4.78, 5) is 35.3. The van der Waals surface area contributed by atoms with Crippen LogP contribution in [0.5, 0.6) is 0 Å². The van der Waals surface area contributed by atoms with E-state index in [1.807, 2.05) is 0 Å². The van der Waals surface area contributed by atoms with Gasteiger partial charge in [0.05, 0.1) is 9.93 Å². The first-order valence-corrected chi connectivity index (χ1v) is 8.45. The molecule has 6 nitrogen and oxygen atoms in total. The average molecular weight is 398 g/mol. The molecule has 1 aliphatic rings. The van der Waals surface area contributed by atoms with Crippen molar-refractivity contribution in [2.24, 2.45) is 0 Å². The SMILES string of the molecule is O=C(O)CN1C(=O)S/C(=C/c2ccc(-c3cc(Cl)ccc3Cl)o2)C1=O. The van der Waals surface area contributed by atoms with Crippen molar-refractivity contribution in [3.8, 4) is 11.3 Å². The molecule has 25 heavy (non-hydrogen) atoms. The maximum absolute atomic E-state index is 12.1. The summed E-state index contributed by atoms with van der Waals surface area (Å²) in [5.74, 6) is -1.16. The molecule has 1 fully saturated rings. The molecular weight excluding hydrogens is 389 g/mol. The number of amides is 2. The van der Waals surface area contributed by atoms with E-state index in [2.05, 4.69) is 0 Å². The zero-order valence-corrected chi connectivity index (χ0v) is 14.7. The van der Waals surface area contributed by atoms with Crippen molar-refractivity contribution in [3.63, 3.8) is 0 Å². The van der Waals surface area contributed by atoms with Crippen LogP contribution < -0.4 is 0 Å². The van der Waals surface area contributed by atoms with Gasteiger partial charge in [-0.3, -0.25) is 19.3 Å². The highest BCUT2D eigenvalue weighted by molar-refractivity contribution is 8.18. The van der Waals surface area contributed by atoms with Crippen LogP contribution in [0.25, 0.3) is 17.4 Å². The van der Waals surface area contributed by atoms with Crippen LogP contribution >= 0.6 is 35.0 Å². The molecule has 3 rings (SSSR count). The molecule has 1 aromatic carbocycles. The first-order valence-electron chi connectivity index (χ1n) is 6.87. The maximum atomic E-state index is 12.1. The molecule has 1 N–H and O–H groups in total. The summed E-state index contributed by atoms with van der Waals surface area (Å²) in [7, 11) is 0. The number of nitrogens with zero attached hydrogens (tertiary/aromatic N) is 1. The molecule has 0 unspecified atom stereocenters. The predicted molar refractivity (Wildman–Crippen MR) is 94.5 cm³/mol. The zero-order chi connectivity index (χ0) is 18.1. The van der Waals surface area contributed by atoms with E-state index in [9.17, 15) is 14.4 Å². The number of carbonyl (C=O) groups is 3. The number of aliphatic carboxylic acids is 1. The van der Waals surface area contributed by atoms with Crippen LogP contribution in [0.2, 0.25) is 10.0 Å². The van der Waals surface area contributed by atoms with Gasteiger partial charge in [0.2, 0.25) is 0 Å². The third-order valence-electron chi connectivity index (χ3n) is 3.26. The monoisotopic (exact) mass is 397 g/mol. The predicted octanol–water partition coefficient (Wildman–Crippen LogP) is 4.37. The molecule has 1 aromatic heterocycles. The molecule has 0 spiro atoms. The van der Waals surface area contributed by atoms with Crippen molar-refractivity contribution in [2.45, 2.75) is 0 Å². The van der Waals surface area contributed by atoms with Gasteiger partial charge in [-0.05, 0) is 42.1 Å². The van der Waals surface area contributed by atoms with E-state index < -0.39 is 23.7 Å². The smallest absolute Gasteiger partial charge is 0.323 e. The van der Waals surface area contributed by atoms with Gasteiger partial charge in [0.15, 0.2) is 0 Å². The number of thioether (sulfide) groups is 1. The van der Waals surface area contributed by atoms with Gasteiger partial charge in [-0.15, -0.1) is 0 Å². The van der Waals surface area contributed by atoms with Crippen molar-refractivity contribution >= 4 is 58.2 Å². The summed E-state index contributed by atoms with van der Waals surface area (Å²) in [6.07, 6.45) is 1.38. The van der Waals surface area contributed by atoms with Crippen molar-refractivity contribution in [1.29, 1.82) is 0 Å². The third-order valence-corrected chi connectivity index (χ3v) is 4.73. The standard InChI is InChI=1S/C16H9Cl2NO5S/c17-8-1-3-11(18)10(5-8)12-4-2-9(24-12)6-13-15(22)19(7-14(20)21)16(23)25-13/h1-6H,7H2,(H,20,21)/b13-6+. The van der Waals surface area contributed by atoms with Gasteiger partial charge in [-0.1, -0.05) is 23.2 Å². The summed E-state index contributed by atoms with van der Waals surface area (Å²) in [6.45, 7) is -0.677. The number of rotatable bonds is 4. The van der Waals surface area contributed by atoms with Crippen LogP contribution in [0.4, 0.5) is 4.79 Å². The number of carboxylic acids is 1. The molecule has 0 radical (unpaired) electrons. The van der Waals surface area contributed by atoms with E-state index in [0.29, 0.717) is 43.8 Å². The van der Waals surface area contributed by atoms with E-state index >= 15 is 0 Å². The normalized spacial score (nSPS) is 16.1. The minimum atomic E-state index is -1.26. The lowest BCUT2D eigenvalue weighted by molar-refractivity contribution is -0.140. The Balaban J connectivity index is 1.87. The highest BCUT2D eigenvalue weighted by atomic mass is 35.5. The topological polar surface area (TPSA) is 87.8 Å². The first-order chi connectivity index (χ1) is 11.8. The number of hydrogen-bond acceptors (Lipinski definition) is 5. The molecule has 0 saturated carbocycles. The van der Waals surface area contributed by atoms with E-state index in [1.54, 1.807) is 30.3 Å². The number of furan rings is 1. The minimum Gasteiger partial charge on any atom is -0.480 e. The summed E-state index contributed by atoms with van der Waals surface area (Å²) in [6, 6.07) is 8.20. The number of hydrogen-bond donors (Lipinski definition) is 1. The van der Waals surface area contributed by atoms with Crippen molar-refractivity contribution in [1.82, 2.24) is 4.90 Å². The summed E-state index contributed by atoms with van der Waals surface area (Å²) >= 11 is 12.7. The number of carbonyl (C=O) groups excluding carboxylic acids is 2. The molecule has 2 aromatic rings. The van der Waals surface area contributed by atoms with Gasteiger partial charge < -0.3 is 9.52 Å². The van der Waals surface area contributed by atoms with Crippen LogP contribution in [0.1, 0.15) is 5.76 Å². The second-order valence-corrected chi connectivity index (χ2v) is 6.82. The first kappa shape index (κ1) is 17.6. The van der Waals surface area contributed by atoms with Gasteiger partial charge >= 0.3 is 5.97 Å². The molecule has 128 valence electrons. The van der Waals surface area contributed by atoms with Crippen molar-refractivity contribution in [2.75, 3.05) is 6.54 Å². The second kappa shape index (κ2) is 6.95. The van der Waals surface area contributed by atoms with Gasteiger partial charge in [0, 0.05) is 16.7 Å². The Bertz CT molecular complexity index is 921. The van der Waals surface area contributed by atoms with Gasteiger partial charge in [-0.25, -0.2) is 0 Å². The maximum Gasteiger partial charge on any atom is 0.323 e. The number of benzene rings is 1. The summed E-state index contributed by atoms with van der Waals surface area (Å²) in [5, 5.41) is 9.05. The van der Waals surface area contributed by atoms with Crippen LogP contribution in [-0.4, -0.2) is 33.7 Å². The summed E-state index contributed by atoms with van der Waals surface area (Å²) in [5.41, 5.74) is 0.591. The van der Waals surface area contributed by atoms with E-state index in [-0.39, 0.29) is 4.91 Å². The number of halogens is 2. The van der Waals surface area contributed by atoms with E-state index in [0.717, 1.165) is 0 Å².